The number of carbonyl (C=O) groups excluding carboxylic acids is 1. The van der Waals surface area contributed by atoms with Gasteiger partial charge in [-0.1, -0.05) is 12.2 Å². The molecule has 0 aliphatic carbocycles. The van der Waals surface area contributed by atoms with E-state index in [1.165, 1.54) is 0 Å². The van der Waals surface area contributed by atoms with Gasteiger partial charge in [-0.05, 0) is 0 Å². The molecule has 1 unspecified atom stereocenters. The maximum absolute atomic E-state index is 10.7. The van der Waals surface area contributed by atoms with Gasteiger partial charge in [0.2, 0.25) is 0 Å². The molecule has 3 heteroatoms. The molecule has 0 saturated heterocycles. The number of hydrogen-bond donors (Lipinski definition) is 0. The Morgan fingerprint density at radius 3 is 2.89 bits per heavy atom. The SMILES string of the molecule is O=CC1=CC=CS(=O)C1. The topological polar surface area (TPSA) is 34.1 Å². The maximum Gasteiger partial charge on any atom is 0.146 e. The molecule has 1 aliphatic heterocycles. The number of rotatable bonds is 1. The van der Waals surface area contributed by atoms with Gasteiger partial charge in [-0.15, -0.1) is 0 Å². The van der Waals surface area contributed by atoms with Crippen molar-refractivity contribution in [2.45, 2.75) is 0 Å². The summed E-state index contributed by atoms with van der Waals surface area (Å²) in [7, 11) is -0.950. The molecular formula is C6H6O2S. The van der Waals surface area contributed by atoms with Crippen LogP contribution in [-0.4, -0.2) is 16.2 Å². The van der Waals surface area contributed by atoms with Crippen LogP contribution in [0.3, 0.4) is 0 Å². The molecule has 1 heterocycles. The maximum atomic E-state index is 10.7. The van der Waals surface area contributed by atoms with Gasteiger partial charge in [0.1, 0.15) is 6.29 Å². The second-order valence-corrected chi connectivity index (χ2v) is 3.04. The fourth-order valence-electron chi connectivity index (χ4n) is 0.584. The molecule has 9 heavy (non-hydrogen) atoms. The zero-order valence-electron chi connectivity index (χ0n) is 4.74. The molecular weight excluding hydrogens is 136 g/mol. The van der Waals surface area contributed by atoms with Crippen LogP contribution in [0.2, 0.25) is 0 Å². The minimum Gasteiger partial charge on any atom is -0.298 e. The number of hydrogen-bond acceptors (Lipinski definition) is 2. The van der Waals surface area contributed by atoms with Crippen molar-refractivity contribution >= 4 is 17.1 Å². The summed E-state index contributed by atoms with van der Waals surface area (Å²) >= 11 is 0. The average molecular weight is 142 g/mol. The Morgan fingerprint density at radius 2 is 2.44 bits per heavy atom. The predicted octanol–water partition coefficient (Wildman–Crippen LogP) is 0.388. The van der Waals surface area contributed by atoms with E-state index in [2.05, 4.69) is 0 Å². The molecule has 2 nitrogen and oxygen atoms in total. The van der Waals surface area contributed by atoms with Crippen molar-refractivity contribution in [1.29, 1.82) is 0 Å². The summed E-state index contributed by atoms with van der Waals surface area (Å²) in [5.74, 6) is 0.375. The number of allylic oxidation sites excluding steroid dienone is 2. The molecule has 0 N–H and O–H groups in total. The van der Waals surface area contributed by atoms with Crippen molar-refractivity contribution in [3.05, 3.63) is 23.1 Å². The van der Waals surface area contributed by atoms with Crippen LogP contribution >= 0.6 is 0 Å². The smallest absolute Gasteiger partial charge is 0.146 e. The average Bonchev–Trinajstić information content (AvgIpc) is 1.88. The van der Waals surface area contributed by atoms with Crippen LogP contribution in [-0.2, 0) is 15.6 Å². The molecule has 1 rings (SSSR count). The first kappa shape index (κ1) is 6.42. The second-order valence-electron chi connectivity index (χ2n) is 1.71. The van der Waals surface area contributed by atoms with Crippen LogP contribution < -0.4 is 0 Å². The van der Waals surface area contributed by atoms with E-state index in [0.29, 0.717) is 11.3 Å². The van der Waals surface area contributed by atoms with Crippen LogP contribution in [0.15, 0.2) is 23.1 Å². The molecule has 1 atom stereocenters. The Bertz CT molecular complexity index is 203. The molecule has 0 amide bonds. The normalized spacial score (nSPS) is 25.3. The van der Waals surface area contributed by atoms with Crippen molar-refractivity contribution in [3.63, 3.8) is 0 Å². The lowest BCUT2D eigenvalue weighted by Crippen LogP contribution is -2.01. The molecule has 0 bridgehead atoms. The van der Waals surface area contributed by atoms with Crippen LogP contribution in [0, 0.1) is 0 Å². The predicted molar refractivity (Wildman–Crippen MR) is 36.3 cm³/mol. The summed E-state index contributed by atoms with van der Waals surface area (Å²) in [5, 5.41) is 1.58. The lowest BCUT2D eigenvalue weighted by Gasteiger charge is -1.98. The zero-order chi connectivity index (χ0) is 6.69. The lowest BCUT2D eigenvalue weighted by molar-refractivity contribution is -0.104. The van der Waals surface area contributed by atoms with Crippen molar-refractivity contribution in [2.75, 3.05) is 5.75 Å². The monoisotopic (exact) mass is 142 g/mol. The van der Waals surface area contributed by atoms with Gasteiger partial charge in [0, 0.05) is 11.0 Å². The molecule has 0 saturated carbocycles. The summed E-state index contributed by atoms with van der Waals surface area (Å²) in [6.07, 6.45) is 4.05. The van der Waals surface area contributed by atoms with Gasteiger partial charge in [-0.25, -0.2) is 0 Å². The van der Waals surface area contributed by atoms with E-state index in [9.17, 15) is 9.00 Å². The molecule has 0 spiro atoms. The van der Waals surface area contributed by atoms with E-state index in [1.807, 2.05) is 0 Å². The largest absolute Gasteiger partial charge is 0.298 e. The van der Waals surface area contributed by atoms with Crippen LogP contribution in [0.25, 0.3) is 0 Å². The fourth-order valence-corrected chi connectivity index (χ4v) is 1.43. The highest BCUT2D eigenvalue weighted by molar-refractivity contribution is 7.88. The van der Waals surface area contributed by atoms with E-state index in [0.717, 1.165) is 6.29 Å². The highest BCUT2D eigenvalue weighted by Gasteiger charge is 2.02. The quantitative estimate of drug-likeness (QED) is 0.496. The van der Waals surface area contributed by atoms with E-state index in [1.54, 1.807) is 17.6 Å². The zero-order valence-corrected chi connectivity index (χ0v) is 5.56. The van der Waals surface area contributed by atoms with Gasteiger partial charge >= 0.3 is 0 Å². The van der Waals surface area contributed by atoms with Crippen LogP contribution in [0.5, 0.6) is 0 Å². The van der Waals surface area contributed by atoms with Crippen LogP contribution in [0.1, 0.15) is 0 Å². The summed E-state index contributed by atoms with van der Waals surface area (Å²) in [6, 6.07) is 0. The molecule has 0 fully saturated rings. The summed E-state index contributed by atoms with van der Waals surface area (Å²) < 4.78 is 10.7. The molecule has 48 valence electrons. The standard InChI is InChI=1S/C6H6O2S/c7-4-6-2-1-3-9(8)5-6/h1-4H,5H2. The van der Waals surface area contributed by atoms with Gasteiger partial charge in [0.25, 0.3) is 0 Å². The first-order valence-electron chi connectivity index (χ1n) is 2.52. The number of aldehydes is 1. The summed E-state index contributed by atoms with van der Waals surface area (Å²) in [4.78, 5) is 10.1. The third-order valence-electron chi connectivity index (χ3n) is 1.00. The summed E-state index contributed by atoms with van der Waals surface area (Å²) in [5.41, 5.74) is 0.607. The Hall–Kier alpha value is -0.700. The molecule has 0 aromatic carbocycles. The van der Waals surface area contributed by atoms with Crippen molar-refractivity contribution in [2.24, 2.45) is 0 Å². The Labute approximate surface area is 55.7 Å². The minimum absolute atomic E-state index is 0.375. The van der Waals surface area contributed by atoms with E-state index in [4.69, 9.17) is 0 Å². The highest BCUT2D eigenvalue weighted by atomic mass is 32.2. The molecule has 1 aliphatic rings. The van der Waals surface area contributed by atoms with E-state index in [-0.39, 0.29) is 0 Å². The van der Waals surface area contributed by atoms with Crippen molar-refractivity contribution in [1.82, 2.24) is 0 Å². The van der Waals surface area contributed by atoms with Gasteiger partial charge < -0.3 is 0 Å². The Morgan fingerprint density at radius 1 is 1.67 bits per heavy atom. The Kier molecular flexibility index (Phi) is 1.95. The fraction of sp³-hybridized carbons (Fsp3) is 0.167. The molecule has 0 aromatic rings. The second kappa shape index (κ2) is 2.73. The first-order valence-corrected chi connectivity index (χ1v) is 3.91. The van der Waals surface area contributed by atoms with Gasteiger partial charge in [-0.3, -0.25) is 9.00 Å². The highest BCUT2D eigenvalue weighted by Crippen LogP contribution is 2.02. The lowest BCUT2D eigenvalue weighted by atomic mass is 10.3. The van der Waals surface area contributed by atoms with Gasteiger partial charge in [-0.2, -0.15) is 0 Å². The van der Waals surface area contributed by atoms with Gasteiger partial charge in [0.15, 0.2) is 0 Å². The van der Waals surface area contributed by atoms with Crippen molar-refractivity contribution < 1.29 is 9.00 Å². The molecule has 0 radical (unpaired) electrons. The third kappa shape index (κ3) is 1.61. The Balaban J connectivity index is 2.76. The number of carbonyl (C=O) groups is 1. The van der Waals surface area contributed by atoms with E-state index >= 15 is 0 Å². The van der Waals surface area contributed by atoms with Gasteiger partial charge in [0.05, 0.1) is 16.6 Å². The molecule has 0 aromatic heterocycles. The first-order chi connectivity index (χ1) is 4.33. The van der Waals surface area contributed by atoms with Crippen molar-refractivity contribution in [3.8, 4) is 0 Å². The third-order valence-corrected chi connectivity index (χ3v) is 2.08. The van der Waals surface area contributed by atoms with E-state index < -0.39 is 10.8 Å². The summed E-state index contributed by atoms with van der Waals surface area (Å²) in [6.45, 7) is 0. The van der Waals surface area contributed by atoms with Crippen LogP contribution in [0.4, 0.5) is 0 Å². The minimum atomic E-state index is -0.950.